The molecule has 1 N–H and O–H groups in total. The minimum atomic E-state index is -0.417. The van der Waals surface area contributed by atoms with E-state index in [1.54, 1.807) is 12.1 Å². The molecule has 1 aromatic rings. The summed E-state index contributed by atoms with van der Waals surface area (Å²) >= 11 is 0. The minimum absolute atomic E-state index is 0.0146. The highest BCUT2D eigenvalue weighted by Crippen LogP contribution is 2.32. The zero-order chi connectivity index (χ0) is 13.1. The molecule has 0 spiro atoms. The van der Waals surface area contributed by atoms with Crippen molar-refractivity contribution in [3.8, 4) is 5.75 Å². The largest absolute Gasteiger partial charge is 0.487 e. The number of ether oxygens (including phenoxy) is 1. The Bertz CT molecular complexity index is 446. The molecule has 0 bridgehead atoms. The Morgan fingerprint density at radius 2 is 2.28 bits per heavy atom. The molecule has 6 heteroatoms. The van der Waals surface area contributed by atoms with Crippen LogP contribution in [-0.4, -0.2) is 37.7 Å². The molecule has 18 heavy (non-hydrogen) atoms. The summed E-state index contributed by atoms with van der Waals surface area (Å²) in [7, 11) is 1.99. The molecule has 0 radical (unpaired) electrons. The van der Waals surface area contributed by atoms with Crippen molar-refractivity contribution in [2.45, 2.75) is 13.0 Å². The second-order valence-electron chi connectivity index (χ2n) is 4.27. The van der Waals surface area contributed by atoms with Crippen molar-refractivity contribution in [3.05, 3.63) is 28.3 Å². The van der Waals surface area contributed by atoms with Gasteiger partial charge in [0.15, 0.2) is 5.75 Å². The van der Waals surface area contributed by atoms with Crippen LogP contribution in [0.3, 0.4) is 0 Å². The number of nitro benzene ring substituents is 1. The first-order valence-corrected chi connectivity index (χ1v) is 5.98. The molecule has 1 saturated heterocycles. The second-order valence-corrected chi connectivity index (χ2v) is 4.27. The van der Waals surface area contributed by atoms with Gasteiger partial charge in [-0.2, -0.15) is 0 Å². The second kappa shape index (κ2) is 5.22. The van der Waals surface area contributed by atoms with Crippen molar-refractivity contribution in [2.24, 2.45) is 0 Å². The Balaban J connectivity index is 2.26. The van der Waals surface area contributed by atoms with Crippen LogP contribution in [0.1, 0.15) is 6.92 Å². The topological polar surface area (TPSA) is 67.6 Å². The molecular formula is C12H17N3O3. The Kier molecular flexibility index (Phi) is 3.66. The van der Waals surface area contributed by atoms with Crippen LogP contribution in [0.25, 0.3) is 0 Å². The molecule has 1 heterocycles. The quantitative estimate of drug-likeness (QED) is 0.633. The van der Waals surface area contributed by atoms with Gasteiger partial charge in [-0.15, -0.1) is 0 Å². The van der Waals surface area contributed by atoms with Gasteiger partial charge in [-0.3, -0.25) is 10.1 Å². The maximum Gasteiger partial charge on any atom is 0.311 e. The van der Waals surface area contributed by atoms with Crippen LogP contribution in [0.15, 0.2) is 18.2 Å². The first kappa shape index (κ1) is 12.6. The molecule has 1 aliphatic rings. The molecule has 0 aromatic heterocycles. The fourth-order valence-corrected chi connectivity index (χ4v) is 1.90. The van der Waals surface area contributed by atoms with Gasteiger partial charge in [-0.05, 0) is 13.0 Å². The van der Waals surface area contributed by atoms with Gasteiger partial charge in [0.2, 0.25) is 0 Å². The fourth-order valence-electron chi connectivity index (χ4n) is 1.90. The van der Waals surface area contributed by atoms with Gasteiger partial charge in [0.1, 0.15) is 0 Å². The molecular weight excluding hydrogens is 234 g/mol. The van der Waals surface area contributed by atoms with Gasteiger partial charge >= 0.3 is 5.69 Å². The standard InChI is InChI=1S/C12H17N3O3/c1-3-18-12-6-9(4-5-11(12)15(16)17)14(2)10-7-13-8-10/h4-6,10,13H,3,7-8H2,1-2H3. The van der Waals surface area contributed by atoms with E-state index in [1.165, 1.54) is 6.07 Å². The first-order chi connectivity index (χ1) is 8.63. The van der Waals surface area contributed by atoms with E-state index in [2.05, 4.69) is 10.2 Å². The highest BCUT2D eigenvalue weighted by molar-refractivity contribution is 5.59. The third-order valence-corrected chi connectivity index (χ3v) is 3.15. The summed E-state index contributed by atoms with van der Waals surface area (Å²) in [6.07, 6.45) is 0. The number of likely N-dealkylation sites (N-methyl/N-ethyl adjacent to an activating group) is 1. The molecule has 1 aromatic carbocycles. The maximum atomic E-state index is 10.9. The molecule has 1 aliphatic heterocycles. The lowest BCUT2D eigenvalue weighted by atomic mass is 10.1. The number of hydrogen-bond acceptors (Lipinski definition) is 5. The number of rotatable bonds is 5. The first-order valence-electron chi connectivity index (χ1n) is 5.98. The normalized spacial score (nSPS) is 15.0. The summed E-state index contributed by atoms with van der Waals surface area (Å²) < 4.78 is 5.34. The van der Waals surface area contributed by atoms with Gasteiger partial charge in [0.05, 0.1) is 17.6 Å². The molecule has 0 unspecified atom stereocenters. The van der Waals surface area contributed by atoms with Crippen LogP contribution in [0, 0.1) is 10.1 Å². The lowest BCUT2D eigenvalue weighted by molar-refractivity contribution is -0.385. The molecule has 0 amide bonds. The average molecular weight is 251 g/mol. The van der Waals surface area contributed by atoms with Crippen molar-refractivity contribution in [1.29, 1.82) is 0 Å². The fraction of sp³-hybridized carbons (Fsp3) is 0.500. The molecule has 0 atom stereocenters. The Morgan fingerprint density at radius 3 is 2.78 bits per heavy atom. The van der Waals surface area contributed by atoms with E-state index in [-0.39, 0.29) is 5.69 Å². The summed E-state index contributed by atoms with van der Waals surface area (Å²) in [5, 5.41) is 14.1. The van der Waals surface area contributed by atoms with E-state index in [4.69, 9.17) is 4.74 Å². The van der Waals surface area contributed by atoms with Crippen molar-refractivity contribution in [2.75, 3.05) is 31.6 Å². The number of benzene rings is 1. The average Bonchev–Trinajstić information content (AvgIpc) is 2.26. The summed E-state index contributed by atoms with van der Waals surface area (Å²) in [5.74, 6) is 0.333. The van der Waals surface area contributed by atoms with Crippen LogP contribution in [0.5, 0.6) is 5.75 Å². The number of hydrogen-bond donors (Lipinski definition) is 1. The summed E-state index contributed by atoms with van der Waals surface area (Å²) in [6.45, 7) is 4.11. The predicted octanol–water partition coefficient (Wildman–Crippen LogP) is 1.40. The Hall–Kier alpha value is -1.82. The predicted molar refractivity (Wildman–Crippen MR) is 69.3 cm³/mol. The Labute approximate surface area is 106 Å². The van der Waals surface area contributed by atoms with Crippen molar-refractivity contribution >= 4 is 11.4 Å². The van der Waals surface area contributed by atoms with Gasteiger partial charge in [-0.25, -0.2) is 0 Å². The van der Waals surface area contributed by atoms with Gasteiger partial charge in [0, 0.05) is 38.0 Å². The van der Waals surface area contributed by atoms with Gasteiger partial charge in [0.25, 0.3) is 0 Å². The smallest absolute Gasteiger partial charge is 0.311 e. The van der Waals surface area contributed by atoms with E-state index >= 15 is 0 Å². The molecule has 1 fully saturated rings. The van der Waals surface area contributed by atoms with Gasteiger partial charge in [-0.1, -0.05) is 0 Å². The van der Waals surface area contributed by atoms with E-state index in [0.29, 0.717) is 18.4 Å². The third kappa shape index (κ3) is 2.38. The highest BCUT2D eigenvalue weighted by Gasteiger charge is 2.24. The lowest BCUT2D eigenvalue weighted by Crippen LogP contribution is -2.56. The zero-order valence-corrected chi connectivity index (χ0v) is 10.5. The molecule has 0 saturated carbocycles. The maximum absolute atomic E-state index is 10.9. The van der Waals surface area contributed by atoms with E-state index in [9.17, 15) is 10.1 Å². The van der Waals surface area contributed by atoms with Crippen LogP contribution in [-0.2, 0) is 0 Å². The highest BCUT2D eigenvalue weighted by atomic mass is 16.6. The van der Waals surface area contributed by atoms with Crippen LogP contribution in [0.4, 0.5) is 11.4 Å². The minimum Gasteiger partial charge on any atom is -0.487 e. The molecule has 6 nitrogen and oxygen atoms in total. The number of nitrogens with zero attached hydrogens (tertiary/aromatic N) is 2. The monoisotopic (exact) mass is 251 g/mol. The molecule has 2 rings (SSSR count). The van der Waals surface area contributed by atoms with Crippen LogP contribution in [0.2, 0.25) is 0 Å². The van der Waals surface area contributed by atoms with Crippen LogP contribution < -0.4 is 15.0 Å². The van der Waals surface area contributed by atoms with Gasteiger partial charge < -0.3 is 15.0 Å². The van der Waals surface area contributed by atoms with Crippen LogP contribution >= 0.6 is 0 Å². The zero-order valence-electron chi connectivity index (χ0n) is 10.5. The van der Waals surface area contributed by atoms with Crippen molar-refractivity contribution in [1.82, 2.24) is 5.32 Å². The van der Waals surface area contributed by atoms with E-state index in [1.807, 2.05) is 14.0 Å². The number of anilines is 1. The Morgan fingerprint density at radius 1 is 1.56 bits per heavy atom. The molecule has 98 valence electrons. The number of nitrogens with one attached hydrogen (secondary N) is 1. The summed E-state index contributed by atoms with van der Waals surface area (Å²) in [5.41, 5.74) is 0.955. The van der Waals surface area contributed by atoms with E-state index in [0.717, 1.165) is 18.8 Å². The molecule has 0 aliphatic carbocycles. The summed E-state index contributed by atoms with van der Waals surface area (Å²) in [6, 6.07) is 5.45. The SMILES string of the molecule is CCOc1cc(N(C)C2CNC2)ccc1[N+](=O)[O-]. The van der Waals surface area contributed by atoms with Crippen molar-refractivity contribution < 1.29 is 9.66 Å². The van der Waals surface area contributed by atoms with Crippen molar-refractivity contribution in [3.63, 3.8) is 0 Å². The van der Waals surface area contributed by atoms with E-state index < -0.39 is 4.92 Å². The number of nitro groups is 1. The summed E-state index contributed by atoms with van der Waals surface area (Å²) in [4.78, 5) is 12.6. The lowest BCUT2D eigenvalue weighted by Gasteiger charge is -2.37. The third-order valence-electron chi connectivity index (χ3n) is 3.15.